The Labute approximate surface area is 263 Å². The molecule has 44 heavy (non-hydrogen) atoms. The maximum atomic E-state index is 13.0. The van der Waals surface area contributed by atoms with Crippen LogP contribution in [-0.4, -0.2) is 58.2 Å². The van der Waals surface area contributed by atoms with Crippen LogP contribution in [0.5, 0.6) is 5.75 Å². The van der Waals surface area contributed by atoms with Crippen LogP contribution >= 0.6 is 23.4 Å². The van der Waals surface area contributed by atoms with Crippen molar-refractivity contribution >= 4 is 58.4 Å². The monoisotopic (exact) mass is 640 g/mol. The predicted molar refractivity (Wildman–Crippen MR) is 167 cm³/mol. The van der Waals surface area contributed by atoms with E-state index in [1.54, 1.807) is 61.9 Å². The van der Waals surface area contributed by atoms with Crippen LogP contribution in [-0.2, 0) is 20.8 Å². The van der Waals surface area contributed by atoms with Crippen LogP contribution in [0.25, 0.3) is 0 Å². The number of halogens is 1. The molecule has 2 aromatic carbocycles. The molecule has 14 heteroatoms. The molecule has 1 aliphatic rings. The summed E-state index contributed by atoms with van der Waals surface area (Å²) in [6.07, 6.45) is 5.18. The number of ether oxygens (including phenoxy) is 1. The molecule has 0 radical (unpaired) electrons. The molecule has 232 valence electrons. The molecule has 12 nitrogen and oxygen atoms in total. The van der Waals surface area contributed by atoms with Crippen molar-refractivity contribution in [3.8, 4) is 5.75 Å². The van der Waals surface area contributed by atoms with E-state index in [1.165, 1.54) is 18.0 Å². The SMILES string of the molecule is COc1ccc(NNC(=O)C2CCC(C(=O)NC(Cc3ccc(NC(=O)c4nc(SC)ncc4Cl)cc3)C(=O)O)CC2)cc1. The van der Waals surface area contributed by atoms with Gasteiger partial charge in [-0.3, -0.25) is 25.2 Å². The maximum absolute atomic E-state index is 13.0. The Morgan fingerprint density at radius 3 is 2.18 bits per heavy atom. The van der Waals surface area contributed by atoms with Crippen molar-refractivity contribution in [3.05, 3.63) is 71.0 Å². The van der Waals surface area contributed by atoms with E-state index in [0.717, 1.165) is 0 Å². The Kier molecular flexibility index (Phi) is 11.4. The molecule has 1 heterocycles. The zero-order chi connectivity index (χ0) is 31.6. The first-order valence-electron chi connectivity index (χ1n) is 13.9. The lowest BCUT2D eigenvalue weighted by atomic mass is 9.81. The highest BCUT2D eigenvalue weighted by molar-refractivity contribution is 7.98. The van der Waals surface area contributed by atoms with Crippen LogP contribution in [0.1, 0.15) is 41.7 Å². The third-order valence-electron chi connectivity index (χ3n) is 7.27. The van der Waals surface area contributed by atoms with Crippen molar-refractivity contribution in [1.29, 1.82) is 0 Å². The summed E-state index contributed by atoms with van der Waals surface area (Å²) in [4.78, 5) is 58.4. The summed E-state index contributed by atoms with van der Waals surface area (Å²) in [5.41, 5.74) is 7.48. The Hall–Kier alpha value is -4.36. The van der Waals surface area contributed by atoms with Gasteiger partial charge in [0.25, 0.3) is 5.91 Å². The van der Waals surface area contributed by atoms with Gasteiger partial charge in [0.15, 0.2) is 10.9 Å². The van der Waals surface area contributed by atoms with Gasteiger partial charge < -0.3 is 20.5 Å². The number of aromatic nitrogens is 2. The van der Waals surface area contributed by atoms with Crippen molar-refractivity contribution in [2.45, 2.75) is 43.3 Å². The molecule has 1 aromatic heterocycles. The molecule has 1 unspecified atom stereocenters. The summed E-state index contributed by atoms with van der Waals surface area (Å²) in [6, 6.07) is 12.6. The minimum absolute atomic E-state index is 0.0450. The summed E-state index contributed by atoms with van der Waals surface area (Å²) in [5.74, 6) is -2.09. The van der Waals surface area contributed by atoms with Gasteiger partial charge in [-0.15, -0.1) is 0 Å². The normalized spacial score (nSPS) is 16.7. The number of nitrogens with one attached hydrogen (secondary N) is 4. The van der Waals surface area contributed by atoms with E-state index in [9.17, 15) is 24.3 Å². The molecule has 1 atom stereocenters. The van der Waals surface area contributed by atoms with Crippen molar-refractivity contribution < 1.29 is 29.0 Å². The van der Waals surface area contributed by atoms with E-state index in [-0.39, 0.29) is 40.8 Å². The fraction of sp³-hybridized carbons (Fsp3) is 0.333. The molecular formula is C30H33ClN6O6S. The van der Waals surface area contributed by atoms with Gasteiger partial charge in [-0.25, -0.2) is 14.8 Å². The summed E-state index contributed by atoms with van der Waals surface area (Å²) < 4.78 is 5.12. The summed E-state index contributed by atoms with van der Waals surface area (Å²) in [6.45, 7) is 0. The van der Waals surface area contributed by atoms with Crippen molar-refractivity contribution in [2.75, 3.05) is 24.1 Å². The van der Waals surface area contributed by atoms with Gasteiger partial charge in [0.05, 0.1) is 24.0 Å². The quantitative estimate of drug-likeness (QED) is 0.110. The number of methoxy groups -OCH3 is 1. The highest BCUT2D eigenvalue weighted by atomic mass is 35.5. The number of carbonyl (C=O) groups excluding carboxylic acids is 3. The molecule has 0 spiro atoms. The Morgan fingerprint density at radius 2 is 1.59 bits per heavy atom. The molecule has 1 fully saturated rings. The first kappa shape index (κ1) is 32.6. The molecule has 0 saturated heterocycles. The number of carboxylic acid groups (broad SMARTS) is 1. The molecule has 3 amide bonds. The van der Waals surface area contributed by atoms with Crippen LogP contribution in [0.3, 0.4) is 0 Å². The zero-order valence-electron chi connectivity index (χ0n) is 24.1. The van der Waals surface area contributed by atoms with Gasteiger partial charge in [0.2, 0.25) is 11.8 Å². The standard InChI is InChI=1S/C30H33ClN6O6S/c1-43-22-13-11-21(12-14-22)36-37-27(39)19-7-5-18(6-8-19)26(38)34-24(29(41)42)15-17-3-9-20(10-4-17)33-28(40)25-23(31)16-32-30(35-25)44-2/h3-4,9-14,16,18-19,24,36H,5-8,15H2,1-2H3,(H,33,40)(H,34,38)(H,37,39)(H,41,42). The Morgan fingerprint density at radius 1 is 0.977 bits per heavy atom. The van der Waals surface area contributed by atoms with Gasteiger partial charge in [-0.2, -0.15) is 0 Å². The van der Waals surface area contributed by atoms with E-state index >= 15 is 0 Å². The number of aliphatic carboxylic acids is 1. The third kappa shape index (κ3) is 8.83. The van der Waals surface area contributed by atoms with E-state index in [1.807, 2.05) is 0 Å². The molecule has 0 bridgehead atoms. The van der Waals surface area contributed by atoms with E-state index < -0.39 is 17.9 Å². The van der Waals surface area contributed by atoms with Gasteiger partial charge in [-0.05, 0) is 73.9 Å². The maximum Gasteiger partial charge on any atom is 0.326 e. The first-order chi connectivity index (χ1) is 21.2. The number of hydrogen-bond donors (Lipinski definition) is 5. The minimum Gasteiger partial charge on any atom is -0.497 e. The molecule has 3 aromatic rings. The van der Waals surface area contributed by atoms with Gasteiger partial charge >= 0.3 is 5.97 Å². The second-order valence-electron chi connectivity index (χ2n) is 10.2. The highest BCUT2D eigenvalue weighted by Crippen LogP contribution is 2.29. The van der Waals surface area contributed by atoms with Crippen LogP contribution in [0.2, 0.25) is 5.02 Å². The van der Waals surface area contributed by atoms with Crippen LogP contribution in [0, 0.1) is 11.8 Å². The zero-order valence-corrected chi connectivity index (χ0v) is 25.7. The fourth-order valence-corrected chi connectivity index (χ4v) is 5.29. The molecule has 5 N–H and O–H groups in total. The van der Waals surface area contributed by atoms with Gasteiger partial charge in [-0.1, -0.05) is 35.5 Å². The number of amides is 3. The summed E-state index contributed by atoms with van der Waals surface area (Å²) in [5, 5.41) is 15.7. The number of rotatable bonds is 12. The summed E-state index contributed by atoms with van der Waals surface area (Å²) >= 11 is 7.36. The van der Waals surface area contributed by atoms with Crippen molar-refractivity contribution in [2.24, 2.45) is 11.8 Å². The topological polar surface area (TPSA) is 172 Å². The minimum atomic E-state index is -1.16. The van der Waals surface area contributed by atoms with E-state index in [2.05, 4.69) is 31.5 Å². The first-order valence-corrected chi connectivity index (χ1v) is 15.5. The second-order valence-corrected chi connectivity index (χ2v) is 11.4. The number of carbonyl (C=O) groups is 4. The van der Waals surface area contributed by atoms with Crippen molar-refractivity contribution in [3.63, 3.8) is 0 Å². The van der Waals surface area contributed by atoms with Crippen LogP contribution in [0.4, 0.5) is 11.4 Å². The average molecular weight is 641 g/mol. The number of benzene rings is 2. The lowest BCUT2D eigenvalue weighted by molar-refractivity contribution is -0.142. The van der Waals surface area contributed by atoms with Crippen LogP contribution in [0.15, 0.2) is 59.9 Å². The highest BCUT2D eigenvalue weighted by Gasteiger charge is 2.32. The number of thioether (sulfide) groups is 1. The largest absolute Gasteiger partial charge is 0.497 e. The van der Waals surface area contributed by atoms with E-state index in [4.69, 9.17) is 16.3 Å². The van der Waals surface area contributed by atoms with Gasteiger partial charge in [0.1, 0.15) is 11.8 Å². The lowest BCUT2D eigenvalue weighted by Gasteiger charge is -2.28. The third-order valence-corrected chi connectivity index (χ3v) is 8.11. The average Bonchev–Trinajstić information content (AvgIpc) is 3.04. The van der Waals surface area contributed by atoms with Crippen molar-refractivity contribution in [1.82, 2.24) is 20.7 Å². The molecule has 0 aliphatic heterocycles. The number of hydrogen-bond acceptors (Lipinski definition) is 9. The number of anilines is 2. The number of nitrogens with zero attached hydrogens (tertiary/aromatic N) is 2. The Balaban J connectivity index is 1.25. The second kappa shape index (κ2) is 15.4. The van der Waals surface area contributed by atoms with E-state index in [0.29, 0.717) is 53.5 Å². The Bertz CT molecular complexity index is 1480. The smallest absolute Gasteiger partial charge is 0.326 e. The fourth-order valence-electron chi connectivity index (χ4n) is 4.78. The molecule has 4 rings (SSSR count). The number of hydrazine groups is 1. The molecule has 1 aliphatic carbocycles. The van der Waals surface area contributed by atoms with Crippen LogP contribution < -0.4 is 26.2 Å². The molecule has 1 saturated carbocycles. The van der Waals surface area contributed by atoms with Gasteiger partial charge in [0, 0.05) is 23.9 Å². The molecular weight excluding hydrogens is 608 g/mol. The number of carboxylic acids is 1. The lowest BCUT2D eigenvalue weighted by Crippen LogP contribution is -2.46. The predicted octanol–water partition coefficient (Wildman–Crippen LogP) is 4.17. The summed E-state index contributed by atoms with van der Waals surface area (Å²) in [7, 11) is 1.58.